The number of unbranched alkanes of at least 4 members (excludes halogenated alkanes) is 10. The molecule has 0 saturated carbocycles. The number of nitrogens with one attached hydrogen (secondary N) is 6. The second-order valence-corrected chi connectivity index (χ2v) is 8.75. The van der Waals surface area contributed by atoms with Crippen molar-refractivity contribution in [2.75, 3.05) is 0 Å². The summed E-state index contributed by atoms with van der Waals surface area (Å²) in [5.74, 6) is -0.657. The number of rotatable bonds is 12. The van der Waals surface area contributed by atoms with Gasteiger partial charge in [-0.2, -0.15) is 0 Å². The molecule has 0 amide bonds. The van der Waals surface area contributed by atoms with E-state index in [0.29, 0.717) is 6.42 Å². The Kier molecular flexibility index (Phi) is 13.0. The van der Waals surface area contributed by atoms with Gasteiger partial charge in [0, 0.05) is 6.42 Å². The van der Waals surface area contributed by atoms with Gasteiger partial charge in [0.2, 0.25) is 0 Å². The van der Waals surface area contributed by atoms with E-state index in [4.69, 9.17) is 5.11 Å². The summed E-state index contributed by atoms with van der Waals surface area (Å²) < 4.78 is 0. The minimum atomic E-state index is -0.657. The number of fused-ring (bicyclic) bond motifs is 2. The van der Waals surface area contributed by atoms with Crippen LogP contribution < -0.4 is 22.5 Å². The molecule has 208 valence electrons. The Bertz CT molecular complexity index is 1380. The van der Waals surface area contributed by atoms with Crippen molar-refractivity contribution in [3.63, 3.8) is 0 Å². The number of carboxylic acids is 1. The lowest BCUT2D eigenvalue weighted by atomic mass is 10.1. The normalized spacial score (nSPS) is 10.6. The largest absolute Gasteiger partial charge is 0.481 e. The quantitative estimate of drug-likeness (QED) is 0.134. The summed E-state index contributed by atoms with van der Waals surface area (Å²) in [4.78, 5) is 74.8. The summed E-state index contributed by atoms with van der Waals surface area (Å²) in [7, 11) is 0. The van der Waals surface area contributed by atoms with Crippen LogP contribution in [0.4, 0.5) is 0 Å². The highest BCUT2D eigenvalue weighted by molar-refractivity contribution is 5.68. The molecule has 0 fully saturated rings. The van der Waals surface area contributed by atoms with Gasteiger partial charge in [0.1, 0.15) is 11.0 Å². The van der Waals surface area contributed by atoms with E-state index in [9.17, 15) is 24.0 Å². The van der Waals surface area contributed by atoms with Crippen molar-refractivity contribution in [2.24, 2.45) is 0 Å². The zero-order chi connectivity index (χ0) is 27.8. The van der Waals surface area contributed by atoms with Crippen LogP contribution in [-0.2, 0) is 4.79 Å². The van der Waals surface area contributed by atoms with Gasteiger partial charge in [-0.05, 0) is 6.42 Å². The summed E-state index contributed by atoms with van der Waals surface area (Å²) in [6.07, 6.45) is 17.0. The van der Waals surface area contributed by atoms with Gasteiger partial charge in [0.05, 0.1) is 12.7 Å². The van der Waals surface area contributed by atoms with Crippen LogP contribution in [0.5, 0.6) is 0 Å². The number of hydrogen-bond donors (Lipinski definition) is 7. The van der Waals surface area contributed by atoms with E-state index in [1.165, 1.54) is 70.4 Å². The molecule has 4 heterocycles. The lowest BCUT2D eigenvalue weighted by Crippen LogP contribution is -2.21. The van der Waals surface area contributed by atoms with Crippen LogP contribution in [0.15, 0.2) is 31.8 Å². The Morgan fingerprint density at radius 1 is 0.658 bits per heavy atom. The molecule has 14 heteroatoms. The monoisotopic (exact) mass is 532 g/mol. The first-order chi connectivity index (χ1) is 18.3. The van der Waals surface area contributed by atoms with Crippen LogP contribution >= 0.6 is 0 Å². The van der Waals surface area contributed by atoms with Crippen molar-refractivity contribution in [1.82, 2.24) is 39.9 Å². The molecule has 0 atom stereocenters. The molecule has 4 rings (SSSR count). The van der Waals surface area contributed by atoms with E-state index in [-0.39, 0.29) is 22.3 Å². The fraction of sp³-hybridized carbons (Fsp3) is 0.542. The van der Waals surface area contributed by atoms with Crippen molar-refractivity contribution in [2.45, 2.75) is 84.0 Å². The fourth-order valence-corrected chi connectivity index (χ4v) is 3.67. The van der Waals surface area contributed by atoms with E-state index in [2.05, 4.69) is 46.8 Å². The van der Waals surface area contributed by atoms with Crippen molar-refractivity contribution in [1.29, 1.82) is 0 Å². The van der Waals surface area contributed by atoms with Crippen LogP contribution in [0, 0.1) is 0 Å². The van der Waals surface area contributed by atoms with Crippen molar-refractivity contribution < 1.29 is 9.90 Å². The number of aliphatic carboxylic acids is 1. The number of aromatic nitrogens is 8. The highest BCUT2D eigenvalue weighted by atomic mass is 16.4. The van der Waals surface area contributed by atoms with Crippen molar-refractivity contribution >= 4 is 28.3 Å². The lowest BCUT2D eigenvalue weighted by Gasteiger charge is -2.01. The Morgan fingerprint density at radius 2 is 1.05 bits per heavy atom. The zero-order valence-electron chi connectivity index (χ0n) is 21.5. The SMILES string of the molecule is CCCCCCCCCCCCCC(=O)O.O=c1[nH]c(=O)c2[nH]cnc2[nH]1.O=c1[nH]c(=O)c2[nH]cnc2[nH]1. The number of imidazole rings is 2. The second kappa shape index (κ2) is 16.5. The number of hydrogen-bond acceptors (Lipinski definition) is 7. The molecular weight excluding hydrogens is 496 g/mol. The van der Waals surface area contributed by atoms with Gasteiger partial charge >= 0.3 is 17.3 Å². The molecule has 0 radical (unpaired) electrons. The molecule has 0 unspecified atom stereocenters. The third kappa shape index (κ3) is 10.8. The maximum atomic E-state index is 10.9. The predicted molar refractivity (Wildman–Crippen MR) is 143 cm³/mol. The Hall–Kier alpha value is -4.23. The average Bonchev–Trinajstić information content (AvgIpc) is 3.53. The van der Waals surface area contributed by atoms with Crippen molar-refractivity contribution in [3.8, 4) is 0 Å². The second-order valence-electron chi connectivity index (χ2n) is 8.75. The van der Waals surface area contributed by atoms with Gasteiger partial charge in [0.25, 0.3) is 11.1 Å². The molecule has 0 aromatic carbocycles. The van der Waals surface area contributed by atoms with Crippen LogP contribution in [0.1, 0.15) is 84.0 Å². The minimum absolute atomic E-state index is 0.277. The zero-order valence-corrected chi connectivity index (χ0v) is 21.5. The topological polar surface area (TPSA) is 226 Å². The summed E-state index contributed by atoms with van der Waals surface area (Å²) >= 11 is 0. The molecule has 0 aliphatic heterocycles. The molecule has 7 N–H and O–H groups in total. The summed E-state index contributed by atoms with van der Waals surface area (Å²) in [5, 5.41) is 8.46. The van der Waals surface area contributed by atoms with Gasteiger partial charge in [-0.25, -0.2) is 19.6 Å². The highest BCUT2D eigenvalue weighted by Crippen LogP contribution is 2.11. The highest BCUT2D eigenvalue weighted by Gasteiger charge is 2.01. The fourth-order valence-electron chi connectivity index (χ4n) is 3.67. The Labute approximate surface area is 216 Å². The first-order valence-corrected chi connectivity index (χ1v) is 12.8. The standard InChI is InChI=1S/C14H28O2.2C5H4N4O2/c1-2-3-4-5-6-7-8-9-10-11-12-13-14(15)16;2*10-4-2-3(7-1-6-2)8-5(11)9-4/h2-13H2,1H3,(H,15,16);2*1H,(H3,6,7,8,9,10,11). The van der Waals surface area contributed by atoms with Crippen molar-refractivity contribution in [3.05, 3.63) is 54.3 Å². The number of carboxylic acid groups (broad SMARTS) is 1. The van der Waals surface area contributed by atoms with Gasteiger partial charge < -0.3 is 15.1 Å². The maximum absolute atomic E-state index is 10.9. The number of carbonyl (C=O) groups is 1. The molecule has 14 nitrogen and oxygen atoms in total. The third-order valence-corrected chi connectivity index (χ3v) is 5.64. The van der Waals surface area contributed by atoms with E-state index in [1.807, 2.05) is 0 Å². The minimum Gasteiger partial charge on any atom is -0.481 e. The maximum Gasteiger partial charge on any atom is 0.327 e. The molecule has 38 heavy (non-hydrogen) atoms. The molecule has 0 saturated heterocycles. The summed E-state index contributed by atoms with van der Waals surface area (Å²) in [6, 6.07) is 0. The lowest BCUT2D eigenvalue weighted by molar-refractivity contribution is -0.137. The smallest absolute Gasteiger partial charge is 0.327 e. The van der Waals surface area contributed by atoms with E-state index < -0.39 is 28.5 Å². The molecular formula is C24H36N8O6. The Balaban J connectivity index is 0.000000204. The first kappa shape index (κ1) is 30.0. The van der Waals surface area contributed by atoms with Crippen LogP contribution in [0.25, 0.3) is 22.3 Å². The third-order valence-electron chi connectivity index (χ3n) is 5.64. The van der Waals surface area contributed by atoms with Crippen LogP contribution in [-0.4, -0.2) is 50.9 Å². The van der Waals surface area contributed by atoms with Gasteiger partial charge in [-0.3, -0.25) is 34.3 Å². The first-order valence-electron chi connectivity index (χ1n) is 12.8. The van der Waals surface area contributed by atoms with Crippen LogP contribution in [0.2, 0.25) is 0 Å². The number of H-pyrrole nitrogens is 6. The van der Waals surface area contributed by atoms with E-state index in [0.717, 1.165) is 12.8 Å². The summed E-state index contributed by atoms with van der Waals surface area (Å²) in [6.45, 7) is 2.25. The molecule has 0 aliphatic carbocycles. The molecule has 0 bridgehead atoms. The van der Waals surface area contributed by atoms with Gasteiger partial charge in [0.15, 0.2) is 11.3 Å². The predicted octanol–water partition coefficient (Wildman–Crippen LogP) is 2.65. The molecule has 0 spiro atoms. The molecule has 0 aliphatic rings. The van der Waals surface area contributed by atoms with Gasteiger partial charge in [-0.15, -0.1) is 0 Å². The van der Waals surface area contributed by atoms with Gasteiger partial charge in [-0.1, -0.05) is 71.1 Å². The summed E-state index contributed by atoms with van der Waals surface area (Å²) in [5.41, 5.74) is -0.890. The average molecular weight is 533 g/mol. The molecule has 4 aromatic heterocycles. The van der Waals surface area contributed by atoms with Crippen LogP contribution in [0.3, 0.4) is 0 Å². The number of aromatic amines is 6. The Morgan fingerprint density at radius 3 is 1.45 bits per heavy atom. The van der Waals surface area contributed by atoms with E-state index in [1.54, 1.807) is 0 Å². The number of nitrogens with zero attached hydrogens (tertiary/aromatic N) is 2. The molecule has 4 aromatic rings. The van der Waals surface area contributed by atoms with E-state index >= 15 is 0 Å².